The first kappa shape index (κ1) is 9.79. The first-order valence-electron chi connectivity index (χ1n) is 5.29. The molecule has 0 bridgehead atoms. The number of hydrogen-bond donors (Lipinski definition) is 0. The van der Waals surface area contributed by atoms with Gasteiger partial charge in [-0.2, -0.15) is 0 Å². The molecule has 0 nitrogen and oxygen atoms in total. The predicted molar refractivity (Wildman–Crippen MR) is 62.8 cm³/mol. The maximum Gasteiger partial charge on any atom is 0.0412 e. The standard InChI is InChI=1S/C13H15Cl/c1-2-3-4-10-5-6-11-9-12(14)7-8-13(10)11/h5-10H,2-4H2,1H3. The van der Waals surface area contributed by atoms with Crippen molar-refractivity contribution in [1.82, 2.24) is 0 Å². The van der Waals surface area contributed by atoms with Crippen LogP contribution in [0.3, 0.4) is 0 Å². The highest BCUT2D eigenvalue weighted by molar-refractivity contribution is 6.30. The molecule has 0 N–H and O–H groups in total. The van der Waals surface area contributed by atoms with Gasteiger partial charge in [-0.25, -0.2) is 0 Å². The van der Waals surface area contributed by atoms with E-state index in [0.717, 1.165) is 5.02 Å². The van der Waals surface area contributed by atoms with E-state index >= 15 is 0 Å². The zero-order valence-corrected chi connectivity index (χ0v) is 9.22. The van der Waals surface area contributed by atoms with E-state index in [9.17, 15) is 0 Å². The summed E-state index contributed by atoms with van der Waals surface area (Å²) in [6.07, 6.45) is 8.34. The summed E-state index contributed by atoms with van der Waals surface area (Å²) in [6, 6.07) is 6.21. The largest absolute Gasteiger partial charge is 0.0843 e. The van der Waals surface area contributed by atoms with Gasteiger partial charge >= 0.3 is 0 Å². The highest BCUT2D eigenvalue weighted by Gasteiger charge is 2.16. The molecule has 1 aliphatic rings. The normalized spacial score (nSPS) is 18.6. The van der Waals surface area contributed by atoms with Gasteiger partial charge in [0.1, 0.15) is 0 Å². The molecule has 1 atom stereocenters. The van der Waals surface area contributed by atoms with E-state index in [2.05, 4.69) is 31.2 Å². The van der Waals surface area contributed by atoms with Crippen LogP contribution in [0.2, 0.25) is 5.02 Å². The Morgan fingerprint density at radius 2 is 2.21 bits per heavy atom. The summed E-state index contributed by atoms with van der Waals surface area (Å²) in [7, 11) is 0. The van der Waals surface area contributed by atoms with Gasteiger partial charge in [0.05, 0.1) is 0 Å². The van der Waals surface area contributed by atoms with Crippen LogP contribution in [-0.2, 0) is 0 Å². The topological polar surface area (TPSA) is 0 Å². The molecule has 0 spiro atoms. The van der Waals surface area contributed by atoms with Crippen LogP contribution in [0.15, 0.2) is 24.3 Å². The van der Waals surface area contributed by atoms with E-state index in [1.165, 1.54) is 30.4 Å². The second-order valence-corrected chi connectivity index (χ2v) is 4.32. The second-order valence-electron chi connectivity index (χ2n) is 3.88. The van der Waals surface area contributed by atoms with Crippen LogP contribution in [0.4, 0.5) is 0 Å². The third kappa shape index (κ3) is 1.85. The second kappa shape index (κ2) is 4.18. The minimum Gasteiger partial charge on any atom is -0.0843 e. The molecule has 0 heterocycles. The SMILES string of the molecule is CCCCC1C=Cc2cc(Cl)ccc21. The van der Waals surface area contributed by atoms with Crippen molar-refractivity contribution in [3.63, 3.8) is 0 Å². The molecule has 1 aromatic carbocycles. The van der Waals surface area contributed by atoms with Crippen molar-refractivity contribution in [2.24, 2.45) is 0 Å². The predicted octanol–water partition coefficient (Wildman–Crippen LogP) is 4.64. The molecule has 14 heavy (non-hydrogen) atoms. The molecule has 0 fully saturated rings. The lowest BCUT2D eigenvalue weighted by molar-refractivity contribution is 0.669. The van der Waals surface area contributed by atoms with Crippen molar-refractivity contribution >= 4 is 17.7 Å². The molecule has 0 aromatic heterocycles. The average molecular weight is 207 g/mol. The zero-order chi connectivity index (χ0) is 9.97. The fourth-order valence-electron chi connectivity index (χ4n) is 2.03. The first-order valence-corrected chi connectivity index (χ1v) is 5.66. The lowest BCUT2D eigenvalue weighted by Crippen LogP contribution is -1.92. The van der Waals surface area contributed by atoms with Crippen LogP contribution in [0.1, 0.15) is 43.2 Å². The van der Waals surface area contributed by atoms with Crippen LogP contribution in [0.5, 0.6) is 0 Å². The summed E-state index contributed by atoms with van der Waals surface area (Å²) in [4.78, 5) is 0. The van der Waals surface area contributed by atoms with Gasteiger partial charge in [0, 0.05) is 10.9 Å². The number of hydrogen-bond acceptors (Lipinski definition) is 0. The fourth-order valence-corrected chi connectivity index (χ4v) is 2.21. The molecule has 1 unspecified atom stereocenters. The summed E-state index contributed by atoms with van der Waals surface area (Å²) >= 11 is 5.94. The van der Waals surface area contributed by atoms with E-state index in [1.807, 2.05) is 6.07 Å². The van der Waals surface area contributed by atoms with Gasteiger partial charge in [0.25, 0.3) is 0 Å². The van der Waals surface area contributed by atoms with Crippen molar-refractivity contribution in [1.29, 1.82) is 0 Å². The number of allylic oxidation sites excluding steroid dienone is 1. The third-order valence-electron chi connectivity index (χ3n) is 2.83. The maximum absolute atomic E-state index is 5.94. The van der Waals surface area contributed by atoms with Gasteiger partial charge in [0.15, 0.2) is 0 Å². The van der Waals surface area contributed by atoms with E-state index < -0.39 is 0 Å². The number of rotatable bonds is 3. The first-order chi connectivity index (χ1) is 6.81. The Morgan fingerprint density at radius 1 is 1.36 bits per heavy atom. The molecular weight excluding hydrogens is 192 g/mol. The third-order valence-corrected chi connectivity index (χ3v) is 3.06. The fraction of sp³-hybridized carbons (Fsp3) is 0.385. The van der Waals surface area contributed by atoms with Gasteiger partial charge in [-0.1, -0.05) is 49.6 Å². The van der Waals surface area contributed by atoms with Crippen molar-refractivity contribution in [2.75, 3.05) is 0 Å². The Labute approximate surface area is 90.6 Å². The van der Waals surface area contributed by atoms with Gasteiger partial charge in [-0.15, -0.1) is 0 Å². The van der Waals surface area contributed by atoms with Crippen molar-refractivity contribution in [3.8, 4) is 0 Å². The molecule has 0 saturated carbocycles. The summed E-state index contributed by atoms with van der Waals surface area (Å²) in [5.74, 6) is 0.627. The van der Waals surface area contributed by atoms with E-state index in [0.29, 0.717) is 5.92 Å². The summed E-state index contributed by atoms with van der Waals surface area (Å²) in [6.45, 7) is 2.24. The Kier molecular flexibility index (Phi) is 2.93. The van der Waals surface area contributed by atoms with Crippen LogP contribution in [-0.4, -0.2) is 0 Å². The monoisotopic (exact) mass is 206 g/mol. The Hall–Kier alpha value is -0.750. The lowest BCUT2D eigenvalue weighted by atomic mass is 9.96. The number of halogens is 1. The number of unbranched alkanes of at least 4 members (excludes halogenated alkanes) is 1. The molecule has 1 aromatic rings. The maximum atomic E-state index is 5.94. The highest BCUT2D eigenvalue weighted by atomic mass is 35.5. The Morgan fingerprint density at radius 3 is 3.00 bits per heavy atom. The smallest absolute Gasteiger partial charge is 0.0412 e. The highest BCUT2D eigenvalue weighted by Crippen LogP contribution is 2.34. The van der Waals surface area contributed by atoms with Crippen LogP contribution >= 0.6 is 11.6 Å². The Balaban J connectivity index is 2.18. The average Bonchev–Trinajstić information content (AvgIpc) is 2.57. The van der Waals surface area contributed by atoms with Crippen LogP contribution in [0.25, 0.3) is 6.08 Å². The molecule has 0 radical (unpaired) electrons. The van der Waals surface area contributed by atoms with E-state index in [4.69, 9.17) is 11.6 Å². The van der Waals surface area contributed by atoms with E-state index in [-0.39, 0.29) is 0 Å². The zero-order valence-electron chi connectivity index (χ0n) is 8.46. The van der Waals surface area contributed by atoms with Gasteiger partial charge in [-0.3, -0.25) is 0 Å². The van der Waals surface area contributed by atoms with Crippen molar-refractivity contribution < 1.29 is 0 Å². The van der Waals surface area contributed by atoms with Gasteiger partial charge in [0.2, 0.25) is 0 Å². The quantitative estimate of drug-likeness (QED) is 0.676. The van der Waals surface area contributed by atoms with Crippen LogP contribution < -0.4 is 0 Å². The minimum absolute atomic E-state index is 0.627. The minimum atomic E-state index is 0.627. The molecule has 0 aliphatic heterocycles. The summed E-state index contributed by atoms with van der Waals surface area (Å²) in [5, 5.41) is 0.838. The molecular formula is C13H15Cl. The Bertz CT molecular complexity index is 352. The molecule has 74 valence electrons. The lowest BCUT2D eigenvalue weighted by Gasteiger charge is -2.09. The molecule has 0 saturated heterocycles. The van der Waals surface area contributed by atoms with Gasteiger partial charge < -0.3 is 0 Å². The summed E-state index contributed by atoms with van der Waals surface area (Å²) < 4.78 is 0. The van der Waals surface area contributed by atoms with Crippen molar-refractivity contribution in [2.45, 2.75) is 32.1 Å². The molecule has 2 rings (SSSR count). The summed E-state index contributed by atoms with van der Waals surface area (Å²) in [5.41, 5.74) is 2.75. The molecule has 1 aliphatic carbocycles. The number of fused-ring (bicyclic) bond motifs is 1. The van der Waals surface area contributed by atoms with Crippen LogP contribution in [0, 0.1) is 0 Å². The van der Waals surface area contributed by atoms with Crippen molar-refractivity contribution in [3.05, 3.63) is 40.4 Å². The molecule has 0 amide bonds. The molecule has 1 heteroatoms. The number of benzene rings is 1. The van der Waals surface area contributed by atoms with E-state index in [1.54, 1.807) is 0 Å². The van der Waals surface area contributed by atoms with Gasteiger partial charge in [-0.05, 0) is 29.7 Å².